The largest absolute Gasteiger partial charge is 0.460 e. The second kappa shape index (κ2) is 12.2. The highest BCUT2D eigenvalue weighted by molar-refractivity contribution is 5.86. The third kappa shape index (κ3) is 6.96. The van der Waals surface area contributed by atoms with Crippen LogP contribution in [0, 0.1) is 0 Å². The van der Waals surface area contributed by atoms with Crippen molar-refractivity contribution in [1.82, 2.24) is 4.90 Å². The number of benzene rings is 2. The van der Waals surface area contributed by atoms with Gasteiger partial charge in [-0.05, 0) is 25.0 Å². The Bertz CT molecular complexity index is 980. The van der Waals surface area contributed by atoms with Gasteiger partial charge in [-0.3, -0.25) is 0 Å². The Kier molecular flexibility index (Phi) is 9.86. The van der Waals surface area contributed by atoms with Crippen LogP contribution in [0.25, 0.3) is 0 Å². The Morgan fingerprint density at radius 3 is 1.83 bits per heavy atom. The molecule has 1 atom stereocenters. The molecule has 3 rings (SSSR count). The van der Waals surface area contributed by atoms with Crippen molar-refractivity contribution in [3.8, 4) is 0 Å². The van der Waals surface area contributed by atoms with E-state index in [0.717, 1.165) is 0 Å². The van der Waals surface area contributed by atoms with Crippen LogP contribution in [0.15, 0.2) is 60.7 Å². The lowest BCUT2D eigenvalue weighted by molar-refractivity contribution is -0.172. The summed E-state index contributed by atoms with van der Waals surface area (Å²) in [5.74, 6) is -1.46. The summed E-state index contributed by atoms with van der Waals surface area (Å²) in [6, 6.07) is 17.3. The average Bonchev–Trinajstić information content (AvgIpc) is 2.84. The molecule has 1 heterocycles. The number of hydrogen-bond donors (Lipinski definition) is 2. The fourth-order valence-corrected chi connectivity index (χ4v) is 3.70. The maximum atomic E-state index is 13.2. The molecule has 0 aliphatic carbocycles. The fraction of sp³-hybridized carbons (Fsp3) is 0.423. The molecule has 36 heavy (non-hydrogen) atoms. The lowest BCUT2D eigenvalue weighted by Crippen LogP contribution is -2.47. The molecular weight excluding hydrogens is 488 g/mol. The van der Waals surface area contributed by atoms with E-state index in [0.29, 0.717) is 24.0 Å². The standard InChI is InChI=1S/C26H32N2O7.ClH/c1-18(33-22(29)25(2,3)27)34-24(31)28-16-14-21(15-17-28)35-23(30)26(32,19-10-6-4-7-11-19)20-12-8-5-9-13-20;/h4-13,18,21,32H,14-17,27H2,1-3H3;1H. The summed E-state index contributed by atoms with van der Waals surface area (Å²) >= 11 is 0. The Hall–Kier alpha value is -3.14. The van der Waals surface area contributed by atoms with Gasteiger partial charge in [0.05, 0.1) is 0 Å². The second-order valence-electron chi connectivity index (χ2n) is 9.11. The molecule has 1 saturated heterocycles. The van der Waals surface area contributed by atoms with Gasteiger partial charge < -0.3 is 30.0 Å². The molecule has 1 aliphatic rings. The minimum absolute atomic E-state index is 0. The van der Waals surface area contributed by atoms with Crippen LogP contribution >= 0.6 is 12.4 Å². The van der Waals surface area contributed by atoms with Crippen molar-refractivity contribution in [3.63, 3.8) is 0 Å². The van der Waals surface area contributed by atoms with Crippen molar-refractivity contribution < 1.29 is 33.7 Å². The molecule has 0 aromatic heterocycles. The number of carbonyl (C=O) groups is 3. The van der Waals surface area contributed by atoms with E-state index in [1.54, 1.807) is 60.7 Å². The van der Waals surface area contributed by atoms with Crippen molar-refractivity contribution in [2.24, 2.45) is 5.73 Å². The third-order valence-corrected chi connectivity index (χ3v) is 5.72. The first-order chi connectivity index (χ1) is 16.5. The summed E-state index contributed by atoms with van der Waals surface area (Å²) in [5.41, 5.74) is 3.32. The molecule has 196 valence electrons. The fourth-order valence-electron chi connectivity index (χ4n) is 3.70. The predicted molar refractivity (Wildman–Crippen MR) is 134 cm³/mol. The van der Waals surface area contributed by atoms with Crippen LogP contribution in [0.5, 0.6) is 0 Å². The quantitative estimate of drug-likeness (QED) is 0.421. The van der Waals surface area contributed by atoms with Gasteiger partial charge in [-0.15, -0.1) is 12.4 Å². The van der Waals surface area contributed by atoms with Crippen LogP contribution in [0.4, 0.5) is 4.79 Å². The van der Waals surface area contributed by atoms with Crippen LogP contribution in [-0.4, -0.2) is 59.1 Å². The maximum absolute atomic E-state index is 13.2. The molecular formula is C26H33ClN2O7. The minimum atomic E-state index is -1.96. The molecule has 1 unspecified atom stereocenters. The Morgan fingerprint density at radius 1 is 0.917 bits per heavy atom. The lowest BCUT2D eigenvalue weighted by Gasteiger charge is -2.34. The van der Waals surface area contributed by atoms with Gasteiger partial charge in [-0.25, -0.2) is 14.4 Å². The summed E-state index contributed by atoms with van der Waals surface area (Å²) < 4.78 is 15.9. The molecule has 0 saturated carbocycles. The number of rotatable bonds is 7. The zero-order valence-corrected chi connectivity index (χ0v) is 21.4. The Labute approximate surface area is 216 Å². The van der Waals surface area contributed by atoms with Gasteiger partial charge >= 0.3 is 18.0 Å². The lowest BCUT2D eigenvalue weighted by atomic mass is 9.86. The maximum Gasteiger partial charge on any atom is 0.412 e. The SMILES string of the molecule is CC(OC(=O)N1CCC(OC(=O)C(O)(c2ccccc2)c2ccccc2)CC1)OC(=O)C(C)(C)N.Cl. The number of carbonyl (C=O) groups excluding carboxylic acids is 3. The van der Waals surface area contributed by atoms with Gasteiger partial charge in [0.15, 0.2) is 0 Å². The molecule has 2 aromatic rings. The Morgan fingerprint density at radius 2 is 1.39 bits per heavy atom. The minimum Gasteiger partial charge on any atom is -0.460 e. The molecule has 2 aromatic carbocycles. The van der Waals surface area contributed by atoms with E-state index in [4.69, 9.17) is 19.9 Å². The van der Waals surface area contributed by atoms with E-state index >= 15 is 0 Å². The monoisotopic (exact) mass is 520 g/mol. The van der Waals surface area contributed by atoms with E-state index in [1.165, 1.54) is 25.7 Å². The summed E-state index contributed by atoms with van der Waals surface area (Å²) in [6.07, 6.45) is -1.50. The second-order valence-corrected chi connectivity index (χ2v) is 9.11. The van der Waals surface area contributed by atoms with Crippen LogP contribution in [0.3, 0.4) is 0 Å². The first-order valence-electron chi connectivity index (χ1n) is 11.5. The number of piperidine rings is 1. The van der Waals surface area contributed by atoms with Crippen molar-refractivity contribution >= 4 is 30.4 Å². The van der Waals surface area contributed by atoms with Crippen LogP contribution < -0.4 is 5.73 Å². The molecule has 1 amide bonds. The summed E-state index contributed by atoms with van der Waals surface area (Å²) in [4.78, 5) is 39.0. The molecule has 9 nitrogen and oxygen atoms in total. The van der Waals surface area contributed by atoms with E-state index in [1.807, 2.05) is 0 Å². The zero-order valence-electron chi connectivity index (χ0n) is 20.6. The smallest absolute Gasteiger partial charge is 0.412 e. The first-order valence-corrected chi connectivity index (χ1v) is 11.5. The van der Waals surface area contributed by atoms with Gasteiger partial charge in [0.2, 0.25) is 11.9 Å². The highest BCUT2D eigenvalue weighted by Crippen LogP contribution is 2.32. The molecule has 0 radical (unpaired) electrons. The third-order valence-electron chi connectivity index (χ3n) is 5.72. The first kappa shape index (κ1) is 29.1. The molecule has 0 bridgehead atoms. The van der Waals surface area contributed by atoms with Gasteiger partial charge in [-0.2, -0.15) is 0 Å². The molecule has 1 fully saturated rings. The molecule has 10 heteroatoms. The highest BCUT2D eigenvalue weighted by atomic mass is 35.5. The Balaban J connectivity index is 0.00000456. The summed E-state index contributed by atoms with van der Waals surface area (Å²) in [6.45, 7) is 4.97. The highest BCUT2D eigenvalue weighted by Gasteiger charge is 2.43. The topological polar surface area (TPSA) is 128 Å². The number of amides is 1. The molecule has 3 N–H and O–H groups in total. The van der Waals surface area contributed by atoms with Gasteiger partial charge in [0, 0.05) is 32.9 Å². The van der Waals surface area contributed by atoms with Crippen LogP contribution in [0.2, 0.25) is 0 Å². The van der Waals surface area contributed by atoms with Crippen LogP contribution in [0.1, 0.15) is 44.7 Å². The number of halogens is 1. The number of aliphatic hydroxyl groups is 1. The van der Waals surface area contributed by atoms with E-state index in [9.17, 15) is 19.5 Å². The number of nitrogens with zero attached hydrogens (tertiary/aromatic N) is 1. The van der Waals surface area contributed by atoms with Crippen molar-refractivity contribution in [3.05, 3.63) is 71.8 Å². The summed E-state index contributed by atoms with van der Waals surface area (Å²) in [7, 11) is 0. The molecule has 0 spiro atoms. The van der Waals surface area contributed by atoms with Gasteiger partial charge in [0.1, 0.15) is 11.6 Å². The average molecular weight is 521 g/mol. The normalized spacial score (nSPS) is 15.3. The number of esters is 2. The van der Waals surface area contributed by atoms with Crippen molar-refractivity contribution in [2.45, 2.75) is 57.1 Å². The van der Waals surface area contributed by atoms with E-state index in [-0.39, 0.29) is 25.5 Å². The van der Waals surface area contributed by atoms with E-state index in [2.05, 4.69) is 0 Å². The van der Waals surface area contributed by atoms with Crippen LogP contribution in [-0.2, 0) is 29.4 Å². The number of hydrogen-bond acceptors (Lipinski definition) is 8. The van der Waals surface area contributed by atoms with E-state index < -0.39 is 41.6 Å². The van der Waals surface area contributed by atoms with Crippen molar-refractivity contribution in [1.29, 1.82) is 0 Å². The number of likely N-dealkylation sites (tertiary alicyclic amines) is 1. The predicted octanol–water partition coefficient (Wildman–Crippen LogP) is 3.12. The molecule has 1 aliphatic heterocycles. The van der Waals surface area contributed by atoms with Gasteiger partial charge in [-0.1, -0.05) is 60.7 Å². The number of ether oxygens (including phenoxy) is 3. The van der Waals surface area contributed by atoms with Gasteiger partial charge in [0.25, 0.3) is 0 Å². The number of nitrogens with two attached hydrogens (primary N) is 1. The zero-order chi connectivity index (χ0) is 25.6. The summed E-state index contributed by atoms with van der Waals surface area (Å²) in [5, 5.41) is 11.5. The van der Waals surface area contributed by atoms with Crippen molar-refractivity contribution in [2.75, 3.05) is 13.1 Å².